The van der Waals surface area contributed by atoms with Crippen LogP contribution in [-0.4, -0.2) is 0 Å². The van der Waals surface area contributed by atoms with Gasteiger partial charge in [0, 0.05) is 10.9 Å². The molecule has 0 heterocycles. The predicted molar refractivity (Wildman–Crippen MR) is 74.7 cm³/mol. The second-order valence-electron chi connectivity index (χ2n) is 4.36. The van der Waals surface area contributed by atoms with Crippen molar-refractivity contribution < 1.29 is 0 Å². The molecule has 1 nitrogen and oxygen atoms in total. The van der Waals surface area contributed by atoms with Crippen LogP contribution in [0.5, 0.6) is 0 Å². The second kappa shape index (κ2) is 5.71. The molecule has 18 heavy (non-hydrogen) atoms. The molecule has 0 amide bonds. The zero-order valence-electron chi connectivity index (χ0n) is 10.2. The Morgan fingerprint density at radius 3 is 2.11 bits per heavy atom. The van der Waals surface area contributed by atoms with Gasteiger partial charge in [-0.15, -0.1) is 0 Å². The monoisotopic (exact) mass is 255 g/mol. The smallest absolute Gasteiger partial charge is 0.0778 e. The van der Waals surface area contributed by atoms with Crippen molar-refractivity contribution in [2.75, 3.05) is 0 Å². The maximum absolute atomic E-state index is 9.39. The first kappa shape index (κ1) is 12.7. The van der Waals surface area contributed by atoms with Crippen LogP contribution >= 0.6 is 11.6 Å². The Kier molecular flexibility index (Phi) is 4.02. The van der Waals surface area contributed by atoms with E-state index in [4.69, 9.17) is 11.6 Å². The van der Waals surface area contributed by atoms with E-state index in [1.807, 2.05) is 54.6 Å². The summed E-state index contributed by atoms with van der Waals surface area (Å²) in [5, 5.41) is 10.1. The Labute approximate surface area is 113 Å². The summed E-state index contributed by atoms with van der Waals surface area (Å²) in [6, 6.07) is 20.0. The van der Waals surface area contributed by atoms with Crippen molar-refractivity contribution in [3.8, 4) is 6.07 Å². The molecule has 0 aromatic heterocycles. The Bertz CT molecular complexity index is 540. The lowest BCUT2D eigenvalue weighted by Crippen LogP contribution is -2.06. The molecule has 0 aliphatic rings. The van der Waals surface area contributed by atoms with Crippen LogP contribution in [-0.2, 0) is 0 Å². The molecular formula is C16H14ClN. The van der Waals surface area contributed by atoms with Crippen LogP contribution in [0.15, 0.2) is 54.6 Å². The number of benzene rings is 2. The minimum absolute atomic E-state index is 0.132. The first-order valence-corrected chi connectivity index (χ1v) is 6.30. The summed E-state index contributed by atoms with van der Waals surface area (Å²) >= 11 is 5.88. The topological polar surface area (TPSA) is 23.8 Å². The Hall–Kier alpha value is -1.78. The van der Waals surface area contributed by atoms with E-state index in [0.717, 1.165) is 16.1 Å². The molecular weight excluding hydrogens is 242 g/mol. The summed E-state index contributed by atoms with van der Waals surface area (Å²) in [5.74, 6) is 0.0158. The van der Waals surface area contributed by atoms with E-state index < -0.39 is 0 Å². The molecule has 0 fully saturated rings. The molecule has 0 aliphatic carbocycles. The number of rotatable bonds is 3. The minimum Gasteiger partial charge on any atom is -0.198 e. The summed E-state index contributed by atoms with van der Waals surface area (Å²) in [6.45, 7) is 2.07. The van der Waals surface area contributed by atoms with Crippen LogP contribution in [0.1, 0.15) is 29.9 Å². The third kappa shape index (κ3) is 2.72. The summed E-state index contributed by atoms with van der Waals surface area (Å²) in [7, 11) is 0. The molecule has 2 heteroatoms. The minimum atomic E-state index is -0.132. The average molecular weight is 256 g/mol. The number of nitrogens with zero attached hydrogens (tertiary/aromatic N) is 1. The van der Waals surface area contributed by atoms with Crippen molar-refractivity contribution in [1.29, 1.82) is 5.26 Å². The van der Waals surface area contributed by atoms with Crippen LogP contribution < -0.4 is 0 Å². The molecule has 2 aromatic rings. The van der Waals surface area contributed by atoms with Crippen molar-refractivity contribution in [3.05, 3.63) is 70.7 Å². The van der Waals surface area contributed by atoms with Crippen LogP contribution in [0, 0.1) is 11.3 Å². The van der Waals surface area contributed by atoms with E-state index in [9.17, 15) is 5.26 Å². The molecule has 0 aliphatic heterocycles. The van der Waals surface area contributed by atoms with Crippen molar-refractivity contribution in [2.45, 2.75) is 18.8 Å². The molecule has 0 spiro atoms. The number of hydrogen-bond donors (Lipinski definition) is 0. The molecule has 2 atom stereocenters. The lowest BCUT2D eigenvalue weighted by Gasteiger charge is -2.18. The zero-order chi connectivity index (χ0) is 13.0. The van der Waals surface area contributed by atoms with Crippen LogP contribution in [0.2, 0.25) is 5.02 Å². The van der Waals surface area contributed by atoms with Crippen molar-refractivity contribution in [2.24, 2.45) is 0 Å². The highest BCUT2D eigenvalue weighted by Gasteiger charge is 2.20. The summed E-state index contributed by atoms with van der Waals surface area (Å²) in [4.78, 5) is 0. The SMILES string of the molecule is C[C@@H](c1ccc(Cl)cc1)[C@H](C#N)c1ccccc1. The Morgan fingerprint density at radius 2 is 1.56 bits per heavy atom. The normalized spacial score (nSPS) is 13.6. The summed E-state index contributed by atoms with van der Waals surface area (Å²) in [5.41, 5.74) is 2.19. The van der Waals surface area contributed by atoms with Crippen molar-refractivity contribution in [3.63, 3.8) is 0 Å². The van der Waals surface area contributed by atoms with E-state index in [1.165, 1.54) is 0 Å². The highest BCUT2D eigenvalue weighted by atomic mass is 35.5. The van der Waals surface area contributed by atoms with E-state index in [2.05, 4.69) is 13.0 Å². The first-order chi connectivity index (χ1) is 8.72. The highest BCUT2D eigenvalue weighted by molar-refractivity contribution is 6.30. The first-order valence-electron chi connectivity index (χ1n) is 5.92. The van der Waals surface area contributed by atoms with Gasteiger partial charge >= 0.3 is 0 Å². The van der Waals surface area contributed by atoms with Gasteiger partial charge in [0.2, 0.25) is 0 Å². The maximum Gasteiger partial charge on any atom is 0.0778 e. The second-order valence-corrected chi connectivity index (χ2v) is 4.79. The molecule has 90 valence electrons. The van der Waals surface area contributed by atoms with Gasteiger partial charge in [0.1, 0.15) is 0 Å². The molecule has 2 aromatic carbocycles. The van der Waals surface area contributed by atoms with Crippen LogP contribution in [0.3, 0.4) is 0 Å². The molecule has 0 N–H and O–H groups in total. The fourth-order valence-corrected chi connectivity index (χ4v) is 2.22. The molecule has 2 rings (SSSR count). The van der Waals surface area contributed by atoms with Gasteiger partial charge in [0.25, 0.3) is 0 Å². The quantitative estimate of drug-likeness (QED) is 0.776. The number of nitriles is 1. The molecule has 0 saturated heterocycles. The average Bonchev–Trinajstić information content (AvgIpc) is 2.41. The lowest BCUT2D eigenvalue weighted by atomic mass is 9.84. The van der Waals surface area contributed by atoms with Gasteiger partial charge in [-0.05, 0) is 23.3 Å². The summed E-state index contributed by atoms with van der Waals surface area (Å²) < 4.78 is 0. The highest BCUT2D eigenvalue weighted by Crippen LogP contribution is 2.32. The Balaban J connectivity index is 2.29. The summed E-state index contributed by atoms with van der Waals surface area (Å²) in [6.07, 6.45) is 0. The van der Waals surface area contributed by atoms with Gasteiger partial charge in [-0.1, -0.05) is 61.0 Å². The predicted octanol–water partition coefficient (Wildman–Crippen LogP) is 4.75. The van der Waals surface area contributed by atoms with Gasteiger partial charge in [0.15, 0.2) is 0 Å². The van der Waals surface area contributed by atoms with Gasteiger partial charge in [-0.3, -0.25) is 0 Å². The number of hydrogen-bond acceptors (Lipinski definition) is 1. The molecule has 0 saturated carbocycles. The van der Waals surface area contributed by atoms with Crippen LogP contribution in [0.4, 0.5) is 0 Å². The third-order valence-electron chi connectivity index (χ3n) is 3.19. The van der Waals surface area contributed by atoms with Gasteiger partial charge in [-0.25, -0.2) is 0 Å². The molecule has 0 radical (unpaired) electrons. The third-order valence-corrected chi connectivity index (χ3v) is 3.45. The zero-order valence-corrected chi connectivity index (χ0v) is 10.9. The fourth-order valence-electron chi connectivity index (χ4n) is 2.09. The van der Waals surface area contributed by atoms with E-state index in [-0.39, 0.29) is 11.8 Å². The largest absolute Gasteiger partial charge is 0.198 e. The fraction of sp³-hybridized carbons (Fsp3) is 0.188. The van der Waals surface area contributed by atoms with Crippen LogP contribution in [0.25, 0.3) is 0 Å². The van der Waals surface area contributed by atoms with E-state index in [0.29, 0.717) is 0 Å². The maximum atomic E-state index is 9.39. The van der Waals surface area contributed by atoms with Crippen molar-refractivity contribution >= 4 is 11.6 Å². The Morgan fingerprint density at radius 1 is 0.944 bits per heavy atom. The van der Waals surface area contributed by atoms with Gasteiger partial charge < -0.3 is 0 Å². The van der Waals surface area contributed by atoms with Gasteiger partial charge in [-0.2, -0.15) is 5.26 Å². The lowest BCUT2D eigenvalue weighted by molar-refractivity contribution is 0.687. The molecule has 0 unspecified atom stereocenters. The van der Waals surface area contributed by atoms with Crippen molar-refractivity contribution in [1.82, 2.24) is 0 Å². The molecule has 0 bridgehead atoms. The van der Waals surface area contributed by atoms with Gasteiger partial charge in [0.05, 0.1) is 12.0 Å². The van der Waals surface area contributed by atoms with E-state index in [1.54, 1.807) is 0 Å². The number of halogens is 1. The standard InChI is InChI=1S/C16H14ClN/c1-12(13-7-9-15(17)10-8-13)16(11-18)14-5-3-2-4-6-14/h2-10,12,16H,1H3/t12-,16-/m0/s1. The van der Waals surface area contributed by atoms with E-state index >= 15 is 0 Å².